The molecule has 1 saturated heterocycles. The number of halogens is 1. The molecular formula is C22H27ClN4O3S3. The van der Waals surface area contributed by atoms with Gasteiger partial charge in [-0.15, -0.1) is 11.3 Å². The molecule has 1 aliphatic heterocycles. The number of sulfonamides is 1. The summed E-state index contributed by atoms with van der Waals surface area (Å²) in [4.78, 5) is 22.3. The average Bonchev–Trinajstić information content (AvgIpc) is 3.46. The lowest BCUT2D eigenvalue weighted by Gasteiger charge is -2.36. The number of carbonyl (C=O) groups is 1. The summed E-state index contributed by atoms with van der Waals surface area (Å²) in [5.41, 5.74) is 0.775. The number of benzene rings is 1. The maximum absolute atomic E-state index is 13.9. The number of amides is 1. The second-order valence-corrected chi connectivity index (χ2v) is 12.8. The minimum Gasteiger partial charge on any atom is -0.309 e. The van der Waals surface area contributed by atoms with Crippen molar-refractivity contribution < 1.29 is 13.2 Å². The van der Waals surface area contributed by atoms with E-state index in [9.17, 15) is 13.2 Å². The Kier molecular flexibility index (Phi) is 7.72. The Bertz CT molecular complexity index is 1210. The average molecular weight is 527 g/mol. The van der Waals surface area contributed by atoms with Gasteiger partial charge in [0.2, 0.25) is 5.91 Å². The zero-order valence-electron chi connectivity index (χ0n) is 18.6. The minimum atomic E-state index is -3.73. The van der Waals surface area contributed by atoms with E-state index in [4.69, 9.17) is 16.6 Å². The smallest absolute Gasteiger partial charge is 0.253 e. The van der Waals surface area contributed by atoms with Crippen LogP contribution in [0.25, 0.3) is 10.2 Å². The largest absolute Gasteiger partial charge is 0.309 e. The van der Waals surface area contributed by atoms with E-state index in [0.717, 1.165) is 36.0 Å². The van der Waals surface area contributed by atoms with Gasteiger partial charge in [0.05, 0.1) is 10.2 Å². The highest BCUT2D eigenvalue weighted by Crippen LogP contribution is 2.34. The van der Waals surface area contributed by atoms with Gasteiger partial charge in [0.15, 0.2) is 5.13 Å². The van der Waals surface area contributed by atoms with Gasteiger partial charge in [0.25, 0.3) is 10.0 Å². The number of hydrogen-bond donors (Lipinski definition) is 0. The zero-order valence-corrected chi connectivity index (χ0v) is 21.8. The van der Waals surface area contributed by atoms with Crippen molar-refractivity contribution in [2.24, 2.45) is 0 Å². The summed E-state index contributed by atoms with van der Waals surface area (Å²) >= 11 is 8.74. The number of carbonyl (C=O) groups excluding carboxylic acids is 1. The molecule has 0 saturated carbocycles. The lowest BCUT2D eigenvalue weighted by molar-refractivity contribution is -0.123. The Morgan fingerprint density at radius 1 is 1.24 bits per heavy atom. The molecule has 1 fully saturated rings. The summed E-state index contributed by atoms with van der Waals surface area (Å²) < 4.78 is 29.2. The normalized spacial score (nSPS) is 17.6. The van der Waals surface area contributed by atoms with Crippen LogP contribution in [0.15, 0.2) is 39.9 Å². The van der Waals surface area contributed by atoms with Crippen LogP contribution in [0.3, 0.4) is 0 Å². The van der Waals surface area contributed by atoms with E-state index in [2.05, 4.69) is 4.90 Å². The molecule has 11 heteroatoms. The highest BCUT2D eigenvalue weighted by atomic mass is 35.5. The van der Waals surface area contributed by atoms with Crippen molar-refractivity contribution in [1.82, 2.24) is 14.2 Å². The first kappa shape index (κ1) is 24.6. The maximum atomic E-state index is 13.9. The van der Waals surface area contributed by atoms with Gasteiger partial charge in [-0.25, -0.2) is 13.4 Å². The van der Waals surface area contributed by atoms with Crippen LogP contribution in [0.4, 0.5) is 5.13 Å². The third-order valence-corrected chi connectivity index (χ3v) is 10.2. The van der Waals surface area contributed by atoms with Crippen molar-refractivity contribution in [1.29, 1.82) is 0 Å². The Labute approximate surface area is 207 Å². The van der Waals surface area contributed by atoms with E-state index in [-0.39, 0.29) is 10.1 Å². The van der Waals surface area contributed by atoms with Crippen LogP contribution in [0.1, 0.15) is 25.7 Å². The van der Waals surface area contributed by atoms with Gasteiger partial charge in [-0.05, 0) is 69.5 Å². The highest BCUT2D eigenvalue weighted by molar-refractivity contribution is 7.91. The third-order valence-electron chi connectivity index (χ3n) is 5.62. The molecular weight excluding hydrogens is 500 g/mol. The summed E-state index contributed by atoms with van der Waals surface area (Å²) in [6.07, 6.45) is 2.81. The Balaban J connectivity index is 1.67. The SMILES string of the molecule is CN(C)CCCN(C(=O)C1CCCCN1S(=O)(=O)c1cccs1)c1nc2ccc(Cl)cc2s1. The van der Waals surface area contributed by atoms with Crippen molar-refractivity contribution in [2.75, 3.05) is 38.6 Å². The van der Waals surface area contributed by atoms with Gasteiger partial charge in [-0.3, -0.25) is 9.69 Å². The van der Waals surface area contributed by atoms with Gasteiger partial charge >= 0.3 is 0 Å². The fourth-order valence-corrected chi connectivity index (χ4v) is 8.04. The Hall–Kier alpha value is -1.56. The van der Waals surface area contributed by atoms with Gasteiger partial charge in [-0.1, -0.05) is 35.4 Å². The molecule has 4 rings (SSSR count). The number of thiophene rings is 1. The molecule has 2 aromatic heterocycles. The summed E-state index contributed by atoms with van der Waals surface area (Å²) in [5.74, 6) is -0.209. The number of nitrogens with zero attached hydrogens (tertiary/aromatic N) is 4. The van der Waals surface area contributed by atoms with Crippen LogP contribution < -0.4 is 4.90 Å². The number of hydrogen-bond acceptors (Lipinski definition) is 7. The molecule has 1 atom stereocenters. The van der Waals surface area contributed by atoms with Crippen LogP contribution in [0.5, 0.6) is 0 Å². The van der Waals surface area contributed by atoms with E-state index in [1.165, 1.54) is 27.0 Å². The first-order valence-corrected chi connectivity index (χ1v) is 14.4. The van der Waals surface area contributed by atoms with E-state index >= 15 is 0 Å². The molecule has 7 nitrogen and oxygen atoms in total. The fourth-order valence-electron chi connectivity index (χ4n) is 3.99. The molecule has 0 N–H and O–H groups in total. The summed E-state index contributed by atoms with van der Waals surface area (Å²) in [5, 5.41) is 2.94. The van der Waals surface area contributed by atoms with Crippen molar-refractivity contribution >= 4 is 65.6 Å². The molecule has 0 bridgehead atoms. The first-order valence-electron chi connectivity index (χ1n) is 10.8. The van der Waals surface area contributed by atoms with E-state index in [1.54, 1.807) is 28.5 Å². The summed E-state index contributed by atoms with van der Waals surface area (Å²) in [7, 11) is 0.246. The van der Waals surface area contributed by atoms with Crippen molar-refractivity contribution in [3.05, 3.63) is 40.7 Å². The number of thiazole rings is 1. The fraction of sp³-hybridized carbons (Fsp3) is 0.455. The van der Waals surface area contributed by atoms with Crippen molar-refractivity contribution in [3.8, 4) is 0 Å². The zero-order chi connectivity index (χ0) is 23.6. The quantitative estimate of drug-likeness (QED) is 0.431. The summed E-state index contributed by atoms with van der Waals surface area (Å²) in [6.45, 7) is 1.62. The van der Waals surface area contributed by atoms with Crippen LogP contribution in [0.2, 0.25) is 5.02 Å². The van der Waals surface area contributed by atoms with E-state index in [1.807, 2.05) is 26.2 Å². The third kappa shape index (κ3) is 5.41. The number of fused-ring (bicyclic) bond motifs is 1. The van der Waals surface area contributed by atoms with E-state index < -0.39 is 16.1 Å². The second kappa shape index (κ2) is 10.4. The van der Waals surface area contributed by atoms with Gasteiger partial charge in [0.1, 0.15) is 10.3 Å². The standard InChI is InChI=1S/C22H27ClN4O3S3/c1-25(2)11-6-12-26(22-24-17-10-9-16(23)15-19(17)32-22)21(28)18-7-3-4-13-27(18)33(29,30)20-8-5-14-31-20/h5,8-10,14-15,18H,3-4,6-7,11-13H2,1-2H3. The van der Waals surface area contributed by atoms with Crippen LogP contribution >= 0.6 is 34.3 Å². The van der Waals surface area contributed by atoms with Crippen LogP contribution in [-0.4, -0.2) is 68.3 Å². The molecule has 178 valence electrons. The van der Waals surface area contributed by atoms with E-state index in [0.29, 0.717) is 29.7 Å². The molecule has 33 heavy (non-hydrogen) atoms. The molecule has 3 aromatic rings. The molecule has 3 heterocycles. The predicted octanol–water partition coefficient (Wildman–Crippen LogP) is 4.54. The van der Waals surface area contributed by atoms with Crippen molar-refractivity contribution in [3.63, 3.8) is 0 Å². The molecule has 1 aliphatic rings. The minimum absolute atomic E-state index is 0.209. The molecule has 1 unspecified atom stereocenters. The van der Waals surface area contributed by atoms with Gasteiger partial charge in [-0.2, -0.15) is 4.31 Å². The highest BCUT2D eigenvalue weighted by Gasteiger charge is 2.40. The molecule has 0 spiro atoms. The number of aromatic nitrogens is 1. The maximum Gasteiger partial charge on any atom is 0.253 e. The number of anilines is 1. The molecule has 1 amide bonds. The predicted molar refractivity (Wildman–Crippen MR) is 136 cm³/mol. The second-order valence-electron chi connectivity index (χ2n) is 8.31. The molecule has 0 radical (unpaired) electrons. The lowest BCUT2D eigenvalue weighted by atomic mass is 10.0. The number of piperidine rings is 1. The topological polar surface area (TPSA) is 73.8 Å². The first-order chi connectivity index (χ1) is 15.8. The summed E-state index contributed by atoms with van der Waals surface area (Å²) in [6, 6.07) is 8.05. The van der Waals surface area contributed by atoms with Crippen LogP contribution in [-0.2, 0) is 14.8 Å². The number of rotatable bonds is 8. The molecule has 1 aromatic carbocycles. The monoisotopic (exact) mass is 526 g/mol. The Morgan fingerprint density at radius 2 is 2.06 bits per heavy atom. The molecule has 0 aliphatic carbocycles. The Morgan fingerprint density at radius 3 is 2.79 bits per heavy atom. The van der Waals surface area contributed by atoms with Crippen molar-refractivity contribution in [2.45, 2.75) is 35.9 Å². The van der Waals surface area contributed by atoms with Gasteiger partial charge in [0, 0.05) is 18.1 Å². The lowest BCUT2D eigenvalue weighted by Crippen LogP contribution is -2.53. The van der Waals surface area contributed by atoms with Gasteiger partial charge < -0.3 is 4.90 Å². The van der Waals surface area contributed by atoms with Crippen LogP contribution in [0, 0.1) is 0 Å².